The lowest BCUT2D eigenvalue weighted by Crippen LogP contribution is -2.34. The molecular formula is C15H22N2O2. The summed E-state index contributed by atoms with van der Waals surface area (Å²) in [7, 11) is 0. The van der Waals surface area contributed by atoms with Crippen molar-refractivity contribution in [2.24, 2.45) is 5.92 Å². The van der Waals surface area contributed by atoms with Crippen molar-refractivity contribution in [3.05, 3.63) is 17.7 Å². The maximum absolute atomic E-state index is 6.13. The van der Waals surface area contributed by atoms with Crippen molar-refractivity contribution >= 4 is 5.69 Å². The van der Waals surface area contributed by atoms with Gasteiger partial charge in [0.15, 0.2) is 11.5 Å². The van der Waals surface area contributed by atoms with Crippen LogP contribution in [0.25, 0.3) is 0 Å². The standard InChI is InChI=1S/C15H22N2O2/c1-11-3-2-4-17(9-11)10-12-7-14-15(8-13(12)16)19-6-5-18-14/h7-8,11H,2-6,9-10,16H2,1H3. The molecule has 1 fully saturated rings. The number of piperidine rings is 1. The first-order valence-corrected chi connectivity index (χ1v) is 7.13. The molecule has 0 spiro atoms. The fourth-order valence-electron chi connectivity index (χ4n) is 2.95. The highest BCUT2D eigenvalue weighted by Gasteiger charge is 2.19. The largest absolute Gasteiger partial charge is 0.486 e. The Morgan fingerprint density at radius 2 is 2.00 bits per heavy atom. The molecule has 1 unspecified atom stereocenters. The van der Waals surface area contributed by atoms with E-state index in [0.29, 0.717) is 13.2 Å². The first-order chi connectivity index (χ1) is 9.22. The minimum atomic E-state index is 0.607. The van der Waals surface area contributed by atoms with E-state index in [9.17, 15) is 0 Å². The van der Waals surface area contributed by atoms with E-state index in [1.54, 1.807) is 0 Å². The number of ether oxygens (including phenoxy) is 2. The molecule has 2 aliphatic rings. The van der Waals surface area contributed by atoms with Crippen molar-refractivity contribution in [3.8, 4) is 11.5 Å². The van der Waals surface area contributed by atoms with Crippen molar-refractivity contribution in [2.75, 3.05) is 32.0 Å². The van der Waals surface area contributed by atoms with Gasteiger partial charge < -0.3 is 15.2 Å². The monoisotopic (exact) mass is 262 g/mol. The Labute approximate surface area is 114 Å². The van der Waals surface area contributed by atoms with Crippen molar-refractivity contribution < 1.29 is 9.47 Å². The number of likely N-dealkylation sites (tertiary alicyclic amines) is 1. The molecule has 104 valence electrons. The maximum atomic E-state index is 6.13. The van der Waals surface area contributed by atoms with Crippen LogP contribution in [0, 0.1) is 5.92 Å². The molecule has 0 amide bonds. The van der Waals surface area contributed by atoms with Crippen LogP contribution < -0.4 is 15.2 Å². The number of rotatable bonds is 2. The number of nitrogens with two attached hydrogens (primary N) is 1. The fraction of sp³-hybridized carbons (Fsp3) is 0.600. The molecule has 0 aliphatic carbocycles. The molecule has 4 heteroatoms. The molecule has 4 nitrogen and oxygen atoms in total. The molecular weight excluding hydrogens is 240 g/mol. The molecule has 0 radical (unpaired) electrons. The van der Waals surface area contributed by atoms with Crippen molar-refractivity contribution in [2.45, 2.75) is 26.3 Å². The van der Waals surface area contributed by atoms with Crippen LogP contribution in [0.5, 0.6) is 11.5 Å². The van der Waals surface area contributed by atoms with E-state index in [1.807, 2.05) is 12.1 Å². The van der Waals surface area contributed by atoms with Gasteiger partial charge in [-0.05, 0) is 36.9 Å². The summed E-state index contributed by atoms with van der Waals surface area (Å²) in [6, 6.07) is 3.94. The lowest BCUT2D eigenvalue weighted by Gasteiger charge is -2.31. The van der Waals surface area contributed by atoms with Gasteiger partial charge in [0, 0.05) is 24.8 Å². The number of nitrogen functional groups attached to an aromatic ring is 1. The highest BCUT2D eigenvalue weighted by atomic mass is 16.6. The molecule has 0 aromatic heterocycles. The molecule has 0 saturated carbocycles. The third-order valence-electron chi connectivity index (χ3n) is 3.94. The maximum Gasteiger partial charge on any atom is 0.163 e. The van der Waals surface area contributed by atoms with Crippen molar-refractivity contribution in [1.29, 1.82) is 0 Å². The average Bonchev–Trinajstić information content (AvgIpc) is 2.40. The Hall–Kier alpha value is -1.42. The second-order valence-corrected chi connectivity index (χ2v) is 5.68. The Morgan fingerprint density at radius 3 is 2.74 bits per heavy atom. The van der Waals surface area contributed by atoms with Crippen LogP contribution in [0.15, 0.2) is 12.1 Å². The zero-order valence-corrected chi connectivity index (χ0v) is 11.5. The molecule has 1 atom stereocenters. The highest BCUT2D eigenvalue weighted by Crippen LogP contribution is 2.35. The number of benzene rings is 1. The van der Waals surface area contributed by atoms with E-state index in [4.69, 9.17) is 15.2 Å². The van der Waals surface area contributed by atoms with Crippen LogP contribution in [0.4, 0.5) is 5.69 Å². The van der Waals surface area contributed by atoms with Gasteiger partial charge in [-0.15, -0.1) is 0 Å². The first kappa shape index (κ1) is 12.6. The van der Waals surface area contributed by atoms with Crippen LogP contribution in [0.3, 0.4) is 0 Å². The molecule has 1 aromatic carbocycles. The molecule has 0 bridgehead atoms. The molecule has 3 rings (SSSR count). The van der Waals surface area contributed by atoms with Gasteiger partial charge in [0.25, 0.3) is 0 Å². The van der Waals surface area contributed by atoms with Crippen molar-refractivity contribution in [1.82, 2.24) is 4.90 Å². The summed E-state index contributed by atoms with van der Waals surface area (Å²) in [4.78, 5) is 2.48. The average molecular weight is 262 g/mol. The summed E-state index contributed by atoms with van der Waals surface area (Å²) in [6.45, 7) is 6.78. The zero-order chi connectivity index (χ0) is 13.2. The summed E-state index contributed by atoms with van der Waals surface area (Å²) in [5, 5.41) is 0. The Morgan fingerprint density at radius 1 is 1.26 bits per heavy atom. The van der Waals surface area contributed by atoms with Gasteiger partial charge in [0.2, 0.25) is 0 Å². The predicted molar refractivity (Wildman–Crippen MR) is 75.5 cm³/mol. The smallest absolute Gasteiger partial charge is 0.163 e. The van der Waals surface area contributed by atoms with E-state index >= 15 is 0 Å². The number of anilines is 1. The summed E-state index contributed by atoms with van der Waals surface area (Å²) < 4.78 is 11.2. The van der Waals surface area contributed by atoms with E-state index in [0.717, 1.165) is 48.3 Å². The highest BCUT2D eigenvalue weighted by molar-refractivity contribution is 5.58. The number of hydrogen-bond donors (Lipinski definition) is 1. The summed E-state index contributed by atoms with van der Waals surface area (Å²) in [5.74, 6) is 2.40. The number of fused-ring (bicyclic) bond motifs is 1. The normalized spacial score (nSPS) is 23.3. The second kappa shape index (κ2) is 5.29. The lowest BCUT2D eigenvalue weighted by molar-refractivity contribution is 0.168. The third kappa shape index (κ3) is 2.78. The number of hydrogen-bond acceptors (Lipinski definition) is 4. The Balaban J connectivity index is 1.76. The molecule has 2 heterocycles. The van der Waals surface area contributed by atoms with Gasteiger partial charge in [0.05, 0.1) is 0 Å². The summed E-state index contributed by atoms with van der Waals surface area (Å²) >= 11 is 0. The fourth-order valence-corrected chi connectivity index (χ4v) is 2.95. The van der Waals surface area contributed by atoms with Crippen LogP contribution in [0.1, 0.15) is 25.3 Å². The Kier molecular flexibility index (Phi) is 3.51. The van der Waals surface area contributed by atoms with E-state index in [2.05, 4.69) is 11.8 Å². The number of nitrogens with zero attached hydrogens (tertiary/aromatic N) is 1. The quantitative estimate of drug-likeness (QED) is 0.831. The minimum Gasteiger partial charge on any atom is -0.486 e. The molecule has 2 aliphatic heterocycles. The zero-order valence-electron chi connectivity index (χ0n) is 11.5. The molecule has 1 aromatic rings. The second-order valence-electron chi connectivity index (χ2n) is 5.68. The van der Waals surface area contributed by atoms with E-state index in [-0.39, 0.29) is 0 Å². The third-order valence-corrected chi connectivity index (χ3v) is 3.94. The van der Waals surface area contributed by atoms with Gasteiger partial charge in [-0.2, -0.15) is 0 Å². The molecule has 2 N–H and O–H groups in total. The van der Waals surface area contributed by atoms with Crippen LogP contribution in [0.2, 0.25) is 0 Å². The molecule has 19 heavy (non-hydrogen) atoms. The van der Waals surface area contributed by atoms with Crippen LogP contribution in [-0.4, -0.2) is 31.2 Å². The van der Waals surface area contributed by atoms with Crippen LogP contribution in [-0.2, 0) is 6.54 Å². The lowest BCUT2D eigenvalue weighted by atomic mass is 9.99. The van der Waals surface area contributed by atoms with Gasteiger partial charge in [-0.3, -0.25) is 4.90 Å². The van der Waals surface area contributed by atoms with Gasteiger partial charge in [-0.25, -0.2) is 0 Å². The predicted octanol–water partition coefficient (Wildman–Crippen LogP) is 2.27. The van der Waals surface area contributed by atoms with Crippen molar-refractivity contribution in [3.63, 3.8) is 0 Å². The summed E-state index contributed by atoms with van der Waals surface area (Å²) in [6.07, 6.45) is 2.62. The van der Waals surface area contributed by atoms with Gasteiger partial charge in [-0.1, -0.05) is 6.92 Å². The van der Waals surface area contributed by atoms with Crippen LogP contribution >= 0.6 is 0 Å². The Bertz CT molecular complexity index is 462. The summed E-state index contributed by atoms with van der Waals surface area (Å²) in [5.41, 5.74) is 8.09. The minimum absolute atomic E-state index is 0.607. The van der Waals surface area contributed by atoms with Gasteiger partial charge in [0.1, 0.15) is 13.2 Å². The van der Waals surface area contributed by atoms with Gasteiger partial charge >= 0.3 is 0 Å². The van der Waals surface area contributed by atoms with E-state index in [1.165, 1.54) is 12.8 Å². The topological polar surface area (TPSA) is 47.7 Å². The first-order valence-electron chi connectivity index (χ1n) is 7.13. The SMILES string of the molecule is CC1CCCN(Cc2cc3c(cc2N)OCCO3)C1. The van der Waals surface area contributed by atoms with E-state index < -0.39 is 0 Å². The molecule has 1 saturated heterocycles.